The molecule has 2 aliphatic heterocycles. The molecule has 2 heterocycles. The molecule has 3 aliphatic rings. The molecule has 0 radical (unpaired) electrons. The van der Waals surface area contributed by atoms with Crippen molar-refractivity contribution in [3.8, 4) is 0 Å². The van der Waals surface area contributed by atoms with Gasteiger partial charge in [0.25, 0.3) is 5.91 Å². The molecule has 1 aliphatic carbocycles. The molecule has 3 fully saturated rings. The van der Waals surface area contributed by atoms with Crippen molar-refractivity contribution in [1.29, 1.82) is 0 Å². The molecule has 4 rings (SSSR count). The number of carbonyl (C=O) groups is 2. The van der Waals surface area contributed by atoms with E-state index in [1.54, 1.807) is 4.90 Å². The lowest BCUT2D eigenvalue weighted by atomic mass is 9.71. The van der Waals surface area contributed by atoms with E-state index in [0.29, 0.717) is 39.1 Å². The SMILES string of the molecule is O=C(Nc1ccccc1)[C@@H]1CN(C(=O)C2(F)CCC2)CC12CCOCC2. The van der Waals surface area contributed by atoms with Gasteiger partial charge in [0, 0.05) is 37.4 Å². The number of halogens is 1. The Morgan fingerprint density at radius 1 is 1.12 bits per heavy atom. The van der Waals surface area contributed by atoms with Gasteiger partial charge < -0.3 is 15.0 Å². The van der Waals surface area contributed by atoms with E-state index in [1.165, 1.54) is 0 Å². The van der Waals surface area contributed by atoms with Crippen LogP contribution >= 0.6 is 0 Å². The van der Waals surface area contributed by atoms with Crippen molar-refractivity contribution in [2.45, 2.75) is 37.8 Å². The van der Waals surface area contributed by atoms with Gasteiger partial charge in [0.05, 0.1) is 5.92 Å². The maximum absolute atomic E-state index is 14.7. The van der Waals surface area contributed by atoms with Crippen LogP contribution in [-0.4, -0.2) is 48.7 Å². The van der Waals surface area contributed by atoms with Gasteiger partial charge in [-0.25, -0.2) is 4.39 Å². The number of alkyl halides is 1. The van der Waals surface area contributed by atoms with Gasteiger partial charge in [-0.3, -0.25) is 9.59 Å². The smallest absolute Gasteiger partial charge is 0.260 e. The number of nitrogens with one attached hydrogen (secondary N) is 1. The first-order chi connectivity index (χ1) is 12.5. The standard InChI is InChI=1S/C20H25FN2O3/c21-20(7-4-8-20)18(25)23-13-16(19(14-23)9-11-26-12-10-19)17(24)22-15-5-2-1-3-6-15/h1-3,5-6,16H,4,7-14H2,(H,22,24)/t16-/m0/s1. The second-order valence-electron chi connectivity index (χ2n) is 7.89. The fourth-order valence-electron chi connectivity index (χ4n) is 4.50. The highest BCUT2D eigenvalue weighted by atomic mass is 19.1. The molecule has 26 heavy (non-hydrogen) atoms. The van der Waals surface area contributed by atoms with E-state index in [-0.39, 0.29) is 17.2 Å². The molecule has 5 nitrogen and oxygen atoms in total. The van der Waals surface area contributed by atoms with Crippen LogP contribution < -0.4 is 5.32 Å². The number of amides is 2. The lowest BCUT2D eigenvalue weighted by Crippen LogP contribution is -2.50. The molecular formula is C20H25FN2O3. The Kier molecular flexibility index (Phi) is 4.47. The van der Waals surface area contributed by atoms with Crippen LogP contribution in [0.2, 0.25) is 0 Å². The van der Waals surface area contributed by atoms with Gasteiger partial charge in [-0.05, 0) is 44.2 Å². The van der Waals surface area contributed by atoms with E-state index in [0.717, 1.165) is 24.9 Å². The summed E-state index contributed by atoms with van der Waals surface area (Å²) in [6.07, 6.45) is 2.82. The van der Waals surface area contributed by atoms with Crippen LogP contribution in [0.4, 0.5) is 10.1 Å². The van der Waals surface area contributed by atoms with Crippen molar-refractivity contribution in [2.75, 3.05) is 31.6 Å². The number of ether oxygens (including phenoxy) is 1. The second kappa shape index (κ2) is 6.65. The maximum atomic E-state index is 14.7. The first-order valence-electron chi connectivity index (χ1n) is 9.44. The number of rotatable bonds is 3. The van der Waals surface area contributed by atoms with Crippen molar-refractivity contribution in [2.24, 2.45) is 11.3 Å². The highest BCUT2D eigenvalue weighted by molar-refractivity contribution is 5.95. The minimum absolute atomic E-state index is 0.0880. The van der Waals surface area contributed by atoms with Gasteiger partial charge in [0.1, 0.15) is 0 Å². The molecule has 1 atom stereocenters. The Labute approximate surface area is 152 Å². The summed E-state index contributed by atoms with van der Waals surface area (Å²) in [6, 6.07) is 9.32. The summed E-state index contributed by atoms with van der Waals surface area (Å²) in [6.45, 7) is 1.91. The topological polar surface area (TPSA) is 58.6 Å². The van der Waals surface area contributed by atoms with E-state index in [4.69, 9.17) is 4.74 Å². The third-order valence-corrected chi connectivity index (χ3v) is 6.31. The lowest BCUT2D eigenvalue weighted by molar-refractivity contribution is -0.149. The average Bonchev–Trinajstić information content (AvgIpc) is 2.99. The highest BCUT2D eigenvalue weighted by Crippen LogP contribution is 2.47. The number of hydrogen-bond acceptors (Lipinski definition) is 3. The normalized spacial score (nSPS) is 26.3. The third-order valence-electron chi connectivity index (χ3n) is 6.31. The Morgan fingerprint density at radius 2 is 1.81 bits per heavy atom. The van der Waals surface area contributed by atoms with Crippen molar-refractivity contribution in [3.63, 3.8) is 0 Å². The average molecular weight is 360 g/mol. The van der Waals surface area contributed by atoms with Crippen LogP contribution in [-0.2, 0) is 14.3 Å². The number of anilines is 1. The predicted molar refractivity (Wildman–Crippen MR) is 95.3 cm³/mol. The number of para-hydroxylation sites is 1. The molecule has 1 aromatic rings. The van der Waals surface area contributed by atoms with E-state index in [9.17, 15) is 14.0 Å². The Bertz CT molecular complexity index is 684. The molecule has 2 saturated heterocycles. The van der Waals surface area contributed by atoms with Crippen LogP contribution in [0.5, 0.6) is 0 Å². The number of carbonyl (C=O) groups excluding carboxylic acids is 2. The predicted octanol–water partition coefficient (Wildman–Crippen LogP) is 2.77. The fraction of sp³-hybridized carbons (Fsp3) is 0.600. The number of likely N-dealkylation sites (tertiary alicyclic amines) is 1. The maximum Gasteiger partial charge on any atom is 0.260 e. The van der Waals surface area contributed by atoms with Crippen molar-refractivity contribution >= 4 is 17.5 Å². The molecule has 1 saturated carbocycles. The van der Waals surface area contributed by atoms with Crippen molar-refractivity contribution in [1.82, 2.24) is 4.90 Å². The summed E-state index contributed by atoms with van der Waals surface area (Å²) in [5.74, 6) is -0.848. The first kappa shape index (κ1) is 17.5. The van der Waals surface area contributed by atoms with E-state index >= 15 is 0 Å². The highest BCUT2D eigenvalue weighted by Gasteiger charge is 2.56. The van der Waals surface area contributed by atoms with Gasteiger partial charge in [-0.15, -0.1) is 0 Å². The van der Waals surface area contributed by atoms with Gasteiger partial charge in [-0.1, -0.05) is 18.2 Å². The summed E-state index contributed by atoms with van der Waals surface area (Å²) in [4.78, 5) is 27.3. The van der Waals surface area contributed by atoms with Crippen LogP contribution in [0, 0.1) is 11.3 Å². The minimum atomic E-state index is -1.71. The molecule has 0 unspecified atom stereocenters. The van der Waals surface area contributed by atoms with Crippen molar-refractivity contribution in [3.05, 3.63) is 30.3 Å². The summed E-state index contributed by atoms with van der Waals surface area (Å²) in [7, 11) is 0. The lowest BCUT2D eigenvalue weighted by Gasteiger charge is -2.38. The van der Waals surface area contributed by atoms with Gasteiger partial charge in [0.15, 0.2) is 5.67 Å². The Hall–Kier alpha value is -1.95. The van der Waals surface area contributed by atoms with Gasteiger partial charge in [-0.2, -0.15) is 0 Å². The van der Waals surface area contributed by atoms with Crippen LogP contribution in [0.15, 0.2) is 30.3 Å². The molecule has 1 aromatic carbocycles. The van der Waals surface area contributed by atoms with Gasteiger partial charge in [0.2, 0.25) is 5.91 Å². The number of benzene rings is 1. The molecule has 2 amide bonds. The summed E-state index contributed by atoms with van der Waals surface area (Å²) in [5, 5.41) is 2.97. The van der Waals surface area contributed by atoms with Crippen LogP contribution in [0.1, 0.15) is 32.1 Å². The molecule has 1 N–H and O–H groups in total. The minimum Gasteiger partial charge on any atom is -0.381 e. The summed E-state index contributed by atoms with van der Waals surface area (Å²) in [5.41, 5.74) is -1.28. The second-order valence-corrected chi connectivity index (χ2v) is 7.89. The Morgan fingerprint density at radius 3 is 2.42 bits per heavy atom. The fourth-order valence-corrected chi connectivity index (χ4v) is 4.50. The molecule has 6 heteroatoms. The monoisotopic (exact) mass is 360 g/mol. The zero-order valence-corrected chi connectivity index (χ0v) is 14.9. The largest absolute Gasteiger partial charge is 0.381 e. The summed E-state index contributed by atoms with van der Waals surface area (Å²) < 4.78 is 20.2. The molecule has 0 aromatic heterocycles. The zero-order valence-electron chi connectivity index (χ0n) is 14.9. The zero-order chi connectivity index (χ0) is 18.2. The van der Waals surface area contributed by atoms with E-state index < -0.39 is 11.6 Å². The van der Waals surface area contributed by atoms with Crippen molar-refractivity contribution < 1.29 is 18.7 Å². The van der Waals surface area contributed by atoms with Crippen LogP contribution in [0.25, 0.3) is 0 Å². The number of nitrogens with zero attached hydrogens (tertiary/aromatic N) is 1. The quantitative estimate of drug-likeness (QED) is 0.902. The van der Waals surface area contributed by atoms with E-state index in [2.05, 4.69) is 5.32 Å². The first-order valence-corrected chi connectivity index (χ1v) is 9.44. The van der Waals surface area contributed by atoms with Crippen LogP contribution in [0.3, 0.4) is 0 Å². The third kappa shape index (κ3) is 3.00. The molecule has 140 valence electrons. The molecule has 0 bridgehead atoms. The molecule has 1 spiro atoms. The number of hydrogen-bond donors (Lipinski definition) is 1. The Balaban J connectivity index is 1.54. The van der Waals surface area contributed by atoms with E-state index in [1.807, 2.05) is 30.3 Å². The van der Waals surface area contributed by atoms with Gasteiger partial charge >= 0.3 is 0 Å². The molecular weight excluding hydrogens is 335 g/mol. The summed E-state index contributed by atoms with van der Waals surface area (Å²) >= 11 is 0.